The third-order valence-electron chi connectivity index (χ3n) is 3.84. The van der Waals surface area contributed by atoms with Crippen LogP contribution in [0, 0.1) is 6.92 Å². The normalized spacial score (nSPS) is 11.2. The van der Waals surface area contributed by atoms with Crippen LogP contribution in [0.3, 0.4) is 0 Å². The Morgan fingerprint density at radius 1 is 0.929 bits per heavy atom. The van der Waals surface area contributed by atoms with Crippen LogP contribution in [-0.4, -0.2) is 20.2 Å². The lowest BCUT2D eigenvalue weighted by Crippen LogP contribution is -2.41. The summed E-state index contributed by atoms with van der Waals surface area (Å²) < 4.78 is 37.0. The lowest BCUT2D eigenvalue weighted by atomic mass is 10.2. The number of carbonyl (C=O) groups excluding carboxylic acids is 2. The zero-order valence-electron chi connectivity index (χ0n) is 14.8. The van der Waals surface area contributed by atoms with E-state index in [0.717, 1.165) is 0 Å². The molecule has 146 valence electrons. The Morgan fingerprint density at radius 2 is 1.64 bits per heavy atom. The van der Waals surface area contributed by atoms with E-state index < -0.39 is 21.8 Å². The number of sulfonamides is 1. The molecule has 0 atom stereocenters. The van der Waals surface area contributed by atoms with Crippen LogP contribution in [0.2, 0.25) is 0 Å². The van der Waals surface area contributed by atoms with Gasteiger partial charge in [-0.1, -0.05) is 0 Å². The number of rotatable bonds is 6. The van der Waals surface area contributed by atoms with E-state index in [9.17, 15) is 18.0 Å². The van der Waals surface area contributed by atoms with Gasteiger partial charge < -0.3 is 8.83 Å². The molecule has 3 rings (SSSR count). The Morgan fingerprint density at radius 3 is 2.25 bits per heavy atom. The number of hydrazine groups is 1. The lowest BCUT2D eigenvalue weighted by Gasteiger charge is -2.08. The van der Waals surface area contributed by atoms with Crippen molar-refractivity contribution in [1.29, 1.82) is 0 Å². The molecule has 0 aliphatic heterocycles. The Bertz CT molecular complexity index is 1070. The molecule has 0 spiro atoms. The van der Waals surface area contributed by atoms with E-state index in [1.807, 2.05) is 0 Å². The predicted octanol–water partition coefficient (Wildman–Crippen LogP) is 1.73. The molecule has 2 heterocycles. The van der Waals surface area contributed by atoms with Crippen molar-refractivity contribution < 1.29 is 26.8 Å². The molecule has 0 unspecified atom stereocenters. The molecular formula is C18H17N3O6S. The van der Waals surface area contributed by atoms with Crippen LogP contribution in [0.4, 0.5) is 0 Å². The highest BCUT2D eigenvalue weighted by molar-refractivity contribution is 7.89. The number of nitrogens with one attached hydrogen (secondary N) is 3. The van der Waals surface area contributed by atoms with Crippen LogP contribution >= 0.6 is 0 Å². The number of carbonyl (C=O) groups is 2. The Hall–Kier alpha value is -3.37. The second kappa shape index (κ2) is 8.11. The van der Waals surface area contributed by atoms with Crippen molar-refractivity contribution in [2.24, 2.45) is 0 Å². The molecule has 0 bridgehead atoms. The number of amides is 2. The topological polar surface area (TPSA) is 131 Å². The smallest absolute Gasteiger partial charge is 0.273 e. The molecule has 0 fully saturated rings. The third kappa shape index (κ3) is 4.48. The van der Waals surface area contributed by atoms with Gasteiger partial charge in [0.05, 0.1) is 29.5 Å². The Kier molecular flexibility index (Phi) is 5.62. The van der Waals surface area contributed by atoms with Gasteiger partial charge in [0.25, 0.3) is 11.8 Å². The predicted molar refractivity (Wildman–Crippen MR) is 97.6 cm³/mol. The highest BCUT2D eigenvalue weighted by atomic mass is 32.2. The Labute approximate surface area is 160 Å². The van der Waals surface area contributed by atoms with Crippen LogP contribution < -0.4 is 15.6 Å². The molecule has 9 nitrogen and oxygen atoms in total. The van der Waals surface area contributed by atoms with Crippen molar-refractivity contribution >= 4 is 21.8 Å². The molecule has 10 heteroatoms. The summed E-state index contributed by atoms with van der Waals surface area (Å²) in [5.41, 5.74) is 4.99. The van der Waals surface area contributed by atoms with Crippen LogP contribution in [-0.2, 0) is 16.6 Å². The highest BCUT2D eigenvalue weighted by Crippen LogP contribution is 2.12. The largest absolute Gasteiger partial charge is 0.469 e. The quantitative estimate of drug-likeness (QED) is 0.537. The Balaban J connectivity index is 1.59. The first kappa shape index (κ1) is 19.4. The van der Waals surface area contributed by atoms with Crippen LogP contribution in [0.1, 0.15) is 32.2 Å². The molecule has 0 radical (unpaired) electrons. The first-order chi connectivity index (χ1) is 13.4. The number of benzene rings is 1. The van der Waals surface area contributed by atoms with E-state index in [1.54, 1.807) is 19.1 Å². The van der Waals surface area contributed by atoms with Gasteiger partial charge in [-0.3, -0.25) is 20.4 Å². The highest BCUT2D eigenvalue weighted by Gasteiger charge is 2.16. The minimum atomic E-state index is -3.76. The van der Waals surface area contributed by atoms with Gasteiger partial charge >= 0.3 is 0 Å². The molecule has 3 aromatic rings. The maximum absolute atomic E-state index is 12.3. The van der Waals surface area contributed by atoms with Gasteiger partial charge in [-0.05, 0) is 49.4 Å². The first-order valence-corrected chi connectivity index (χ1v) is 9.62. The van der Waals surface area contributed by atoms with Crippen molar-refractivity contribution in [2.75, 3.05) is 0 Å². The zero-order chi connectivity index (χ0) is 20.1. The van der Waals surface area contributed by atoms with Gasteiger partial charge in [0.2, 0.25) is 10.0 Å². The van der Waals surface area contributed by atoms with E-state index in [2.05, 4.69) is 15.6 Å². The van der Waals surface area contributed by atoms with E-state index in [1.165, 1.54) is 42.9 Å². The summed E-state index contributed by atoms with van der Waals surface area (Å²) in [5, 5.41) is 0. The fourth-order valence-corrected chi connectivity index (χ4v) is 3.31. The molecule has 0 aliphatic carbocycles. The molecule has 0 saturated heterocycles. The maximum Gasteiger partial charge on any atom is 0.273 e. The molecule has 0 aliphatic rings. The summed E-state index contributed by atoms with van der Waals surface area (Å²) in [6.45, 7) is 1.63. The molecule has 1 aromatic carbocycles. The second-order valence-corrected chi connectivity index (χ2v) is 7.49. The standard InChI is InChI=1S/C18H17N3O6S/c1-12-16(8-10-26-12)18(23)21-20-17(22)13-4-6-15(7-5-13)28(24,25)19-11-14-3-2-9-27-14/h2-10,19H,11H2,1H3,(H,20,22)(H,21,23). The van der Waals surface area contributed by atoms with Crippen molar-refractivity contribution in [3.8, 4) is 0 Å². The maximum atomic E-state index is 12.3. The summed E-state index contributed by atoms with van der Waals surface area (Å²) in [6, 6.07) is 10.0. The first-order valence-electron chi connectivity index (χ1n) is 8.14. The number of hydrogen-bond acceptors (Lipinski definition) is 6. The summed E-state index contributed by atoms with van der Waals surface area (Å²) in [5.74, 6) is -0.227. The summed E-state index contributed by atoms with van der Waals surface area (Å²) in [6.07, 6.45) is 2.81. The fourth-order valence-electron chi connectivity index (χ4n) is 2.32. The van der Waals surface area contributed by atoms with Crippen LogP contribution in [0.25, 0.3) is 0 Å². The van der Waals surface area contributed by atoms with Gasteiger partial charge in [0, 0.05) is 5.56 Å². The van der Waals surface area contributed by atoms with Crippen LogP contribution in [0.5, 0.6) is 0 Å². The van der Waals surface area contributed by atoms with Crippen molar-refractivity contribution in [3.63, 3.8) is 0 Å². The number of hydrogen-bond donors (Lipinski definition) is 3. The van der Waals surface area contributed by atoms with Gasteiger partial charge in [0.1, 0.15) is 11.5 Å². The average Bonchev–Trinajstić information content (AvgIpc) is 3.36. The van der Waals surface area contributed by atoms with Crippen molar-refractivity contribution in [3.05, 3.63) is 77.6 Å². The summed E-state index contributed by atoms with van der Waals surface area (Å²) in [4.78, 5) is 24.0. The molecule has 3 N–H and O–H groups in total. The number of aryl methyl sites for hydroxylation is 1. The number of furan rings is 2. The zero-order valence-corrected chi connectivity index (χ0v) is 15.6. The monoisotopic (exact) mass is 403 g/mol. The molecule has 2 aromatic heterocycles. The van der Waals surface area contributed by atoms with Crippen molar-refractivity contribution in [2.45, 2.75) is 18.4 Å². The molecule has 28 heavy (non-hydrogen) atoms. The van der Waals surface area contributed by atoms with E-state index in [4.69, 9.17) is 8.83 Å². The van der Waals surface area contributed by atoms with Gasteiger partial charge in [-0.2, -0.15) is 0 Å². The molecule has 2 amide bonds. The van der Waals surface area contributed by atoms with Gasteiger partial charge in [0.15, 0.2) is 0 Å². The summed E-state index contributed by atoms with van der Waals surface area (Å²) in [7, 11) is -3.76. The average molecular weight is 403 g/mol. The van der Waals surface area contributed by atoms with Gasteiger partial charge in [-0.15, -0.1) is 0 Å². The van der Waals surface area contributed by atoms with Crippen molar-refractivity contribution in [1.82, 2.24) is 15.6 Å². The molecule has 0 saturated carbocycles. The fraction of sp³-hybridized carbons (Fsp3) is 0.111. The van der Waals surface area contributed by atoms with Gasteiger partial charge in [-0.25, -0.2) is 13.1 Å². The molecular weight excluding hydrogens is 386 g/mol. The van der Waals surface area contributed by atoms with E-state index in [-0.39, 0.29) is 17.0 Å². The minimum absolute atomic E-state index is 0.00587. The third-order valence-corrected chi connectivity index (χ3v) is 5.25. The lowest BCUT2D eigenvalue weighted by molar-refractivity contribution is 0.0845. The SMILES string of the molecule is Cc1occc1C(=O)NNC(=O)c1ccc(S(=O)(=O)NCc2ccco2)cc1. The van der Waals surface area contributed by atoms with Crippen LogP contribution in [0.15, 0.2) is 68.7 Å². The minimum Gasteiger partial charge on any atom is -0.469 e. The second-order valence-electron chi connectivity index (χ2n) is 5.73. The van der Waals surface area contributed by atoms with E-state index in [0.29, 0.717) is 17.1 Å². The summed E-state index contributed by atoms with van der Waals surface area (Å²) >= 11 is 0. The van der Waals surface area contributed by atoms with E-state index >= 15 is 0 Å².